The third kappa shape index (κ3) is 7.97. The van der Waals surface area contributed by atoms with Crippen LogP contribution in [0.4, 0.5) is 30.5 Å². The molecule has 0 saturated carbocycles. The third-order valence-electron chi connectivity index (χ3n) is 9.22. The van der Waals surface area contributed by atoms with E-state index in [9.17, 15) is 22.8 Å². The Morgan fingerprint density at radius 3 is 2.61 bits per heavy atom. The first-order chi connectivity index (χ1) is 24.3. The summed E-state index contributed by atoms with van der Waals surface area (Å²) in [6, 6.07) is 8.52. The largest absolute Gasteiger partial charge is 0.416 e. The van der Waals surface area contributed by atoms with Crippen LogP contribution in [0.15, 0.2) is 67.4 Å². The molecule has 5 rings (SSSR count). The van der Waals surface area contributed by atoms with Crippen molar-refractivity contribution in [3.05, 3.63) is 94.9 Å². The number of aryl methyl sites for hydroxylation is 1. The Morgan fingerprint density at radius 2 is 1.98 bits per heavy atom. The molecule has 0 fully saturated rings. The molecule has 0 spiro atoms. The number of benzene rings is 2. The number of carbonyl (C=O) groups is 2. The number of ether oxygens (including phenoxy) is 1. The highest BCUT2D eigenvalue weighted by atomic mass is 35.5. The van der Waals surface area contributed by atoms with E-state index >= 15 is 0 Å². The summed E-state index contributed by atoms with van der Waals surface area (Å²) in [5, 5.41) is 7.29. The minimum Gasteiger partial charge on any atom is -0.377 e. The van der Waals surface area contributed by atoms with Gasteiger partial charge in [0.05, 0.1) is 40.9 Å². The number of hydrogen-bond acceptors (Lipinski definition) is 6. The highest BCUT2D eigenvalue weighted by molar-refractivity contribution is 6.33. The van der Waals surface area contributed by atoms with Gasteiger partial charge in [0.25, 0.3) is 0 Å². The van der Waals surface area contributed by atoms with Crippen LogP contribution < -0.4 is 15.1 Å². The van der Waals surface area contributed by atoms with E-state index in [-0.39, 0.29) is 23.2 Å². The van der Waals surface area contributed by atoms with Crippen molar-refractivity contribution in [3.63, 3.8) is 0 Å². The molecule has 1 N–H and O–H groups in total. The van der Waals surface area contributed by atoms with Crippen LogP contribution >= 0.6 is 11.6 Å². The van der Waals surface area contributed by atoms with Crippen LogP contribution in [0.1, 0.15) is 69.0 Å². The van der Waals surface area contributed by atoms with Crippen molar-refractivity contribution in [2.45, 2.75) is 59.6 Å². The fraction of sp³-hybridized carbons (Fsp3) is 0.368. The summed E-state index contributed by atoms with van der Waals surface area (Å²) in [5.41, 5.74) is 4.19. The summed E-state index contributed by atoms with van der Waals surface area (Å²) in [7, 11) is 0. The summed E-state index contributed by atoms with van der Waals surface area (Å²) in [5.74, 6) is 0.408. The number of hydrogen-bond donors (Lipinski definition) is 1. The monoisotopic (exact) mass is 722 g/mol. The smallest absolute Gasteiger partial charge is 0.377 e. The summed E-state index contributed by atoms with van der Waals surface area (Å²) < 4.78 is 47.0. The number of nitrogens with one attached hydrogen (secondary N) is 1. The number of amides is 2. The van der Waals surface area contributed by atoms with Crippen LogP contribution in [0, 0.1) is 12.8 Å². The number of alkyl halides is 3. The molecule has 2 aromatic carbocycles. The van der Waals surface area contributed by atoms with Crippen LogP contribution in [0.5, 0.6) is 0 Å². The highest BCUT2D eigenvalue weighted by Crippen LogP contribution is 2.45. The van der Waals surface area contributed by atoms with E-state index in [1.54, 1.807) is 14.5 Å². The molecule has 3 aromatic rings. The number of fused-ring (bicyclic) bond motifs is 1. The molecule has 3 heterocycles. The van der Waals surface area contributed by atoms with Gasteiger partial charge >= 0.3 is 6.18 Å². The Hall–Kier alpha value is -4.68. The maximum atomic E-state index is 13.7. The van der Waals surface area contributed by atoms with E-state index in [1.165, 1.54) is 6.08 Å². The van der Waals surface area contributed by atoms with Crippen molar-refractivity contribution in [3.8, 4) is 0 Å². The number of carbonyl (C=O) groups excluding carboxylic acids is 2. The SMILES string of the molecule is C=CC(=O)N(CCC(C)CC)c1cccc(C)c1C1=C(CC)N(CC(=O)Nc2ccc(C(F)(F)F)cc2Cl)c2nc(C3=CCOCC3)nn2C1=C. The fourth-order valence-electron chi connectivity index (χ4n) is 6.22. The molecule has 0 radical (unpaired) electrons. The van der Waals surface area contributed by atoms with Gasteiger partial charge in [-0.25, -0.2) is 0 Å². The molecule has 2 aliphatic rings. The lowest BCUT2D eigenvalue weighted by Gasteiger charge is -2.35. The van der Waals surface area contributed by atoms with E-state index in [2.05, 4.69) is 32.3 Å². The van der Waals surface area contributed by atoms with Crippen molar-refractivity contribution in [1.82, 2.24) is 14.8 Å². The van der Waals surface area contributed by atoms with Crippen molar-refractivity contribution in [2.75, 3.05) is 41.4 Å². The van der Waals surface area contributed by atoms with E-state index < -0.39 is 17.6 Å². The average molecular weight is 723 g/mol. The first kappa shape index (κ1) is 37.6. The van der Waals surface area contributed by atoms with Crippen molar-refractivity contribution in [1.29, 1.82) is 0 Å². The summed E-state index contributed by atoms with van der Waals surface area (Å²) >= 11 is 6.20. The Morgan fingerprint density at radius 1 is 1.22 bits per heavy atom. The average Bonchev–Trinajstić information content (AvgIpc) is 3.56. The summed E-state index contributed by atoms with van der Waals surface area (Å²) in [4.78, 5) is 35.5. The Bertz CT molecular complexity index is 1910. The molecule has 0 aliphatic carbocycles. The van der Waals surface area contributed by atoms with Gasteiger partial charge in [-0.05, 0) is 73.6 Å². The number of anilines is 3. The lowest BCUT2D eigenvalue weighted by molar-refractivity contribution is -0.137. The van der Waals surface area contributed by atoms with E-state index in [0.717, 1.165) is 47.7 Å². The predicted octanol–water partition coefficient (Wildman–Crippen LogP) is 8.77. The van der Waals surface area contributed by atoms with Crippen LogP contribution in [0.25, 0.3) is 16.8 Å². The van der Waals surface area contributed by atoms with Crippen LogP contribution in [-0.2, 0) is 20.5 Å². The van der Waals surface area contributed by atoms with Gasteiger partial charge in [-0.1, -0.05) is 70.2 Å². The Balaban J connectivity index is 1.64. The zero-order chi connectivity index (χ0) is 37.0. The molecule has 51 heavy (non-hydrogen) atoms. The minimum atomic E-state index is -4.59. The first-order valence-corrected chi connectivity index (χ1v) is 17.3. The fourth-order valence-corrected chi connectivity index (χ4v) is 6.45. The summed E-state index contributed by atoms with van der Waals surface area (Å²) in [6.07, 6.45) is 1.40. The zero-order valence-corrected chi connectivity index (χ0v) is 30.0. The topological polar surface area (TPSA) is 92.6 Å². The minimum absolute atomic E-state index is 0.0360. The quantitative estimate of drug-likeness (QED) is 0.188. The van der Waals surface area contributed by atoms with Crippen molar-refractivity contribution >= 4 is 57.6 Å². The number of halogens is 4. The maximum absolute atomic E-state index is 13.7. The highest BCUT2D eigenvalue weighted by Gasteiger charge is 2.36. The molecule has 1 unspecified atom stereocenters. The molecule has 1 atom stereocenters. The predicted molar refractivity (Wildman–Crippen MR) is 196 cm³/mol. The van der Waals surface area contributed by atoms with Crippen molar-refractivity contribution < 1.29 is 27.5 Å². The molecule has 270 valence electrons. The number of aromatic nitrogens is 3. The van der Waals surface area contributed by atoms with Gasteiger partial charge in [-0.3, -0.25) is 9.59 Å². The lowest BCUT2D eigenvalue weighted by Crippen LogP contribution is -2.38. The van der Waals surface area contributed by atoms with Crippen molar-refractivity contribution in [2.24, 2.45) is 5.92 Å². The van der Waals surface area contributed by atoms with E-state index in [0.29, 0.717) is 72.9 Å². The van der Waals surface area contributed by atoms with Gasteiger partial charge in [0.1, 0.15) is 6.54 Å². The number of nitrogens with zero attached hydrogens (tertiary/aromatic N) is 5. The molecule has 0 saturated heterocycles. The molecule has 2 amide bonds. The van der Waals surface area contributed by atoms with Gasteiger partial charge in [-0.2, -0.15) is 22.8 Å². The molecule has 9 nitrogen and oxygen atoms in total. The second kappa shape index (κ2) is 15.7. The van der Waals surface area contributed by atoms with Gasteiger partial charge in [-0.15, -0.1) is 5.10 Å². The van der Waals surface area contributed by atoms with E-state index in [1.807, 2.05) is 38.1 Å². The van der Waals surface area contributed by atoms with Gasteiger partial charge in [0, 0.05) is 23.4 Å². The second-order valence-corrected chi connectivity index (χ2v) is 13.0. The maximum Gasteiger partial charge on any atom is 0.416 e. The molecule has 1 aromatic heterocycles. The molecule has 13 heteroatoms. The van der Waals surface area contributed by atoms with Gasteiger partial charge in [0.2, 0.25) is 17.8 Å². The first-order valence-electron chi connectivity index (χ1n) is 16.9. The van der Waals surface area contributed by atoms with Crippen LogP contribution in [-0.4, -0.2) is 52.9 Å². The normalized spacial score (nSPS) is 15.3. The standard InChI is InChI=1S/C38H42ClF3N6O3/c1-7-23(4)15-18-46(33(50)9-3)31-12-10-11-24(5)34(31)35-25(6)48-37(44-36(45-48)26-16-19-51-20-17-26)47(30(35)8-2)22-32(49)43-29-14-13-27(21-28(29)39)38(40,41)42/h9-14,16,21,23H,3,6-8,15,17-20,22H2,1-2,4-5H3,(H,43,49). The van der Waals surface area contributed by atoms with Crippen LogP contribution in [0.3, 0.4) is 0 Å². The van der Waals surface area contributed by atoms with Gasteiger partial charge < -0.3 is 19.9 Å². The second-order valence-electron chi connectivity index (χ2n) is 12.6. The Labute approximate surface area is 301 Å². The number of allylic oxidation sites excluding steroid dienone is 3. The lowest BCUT2D eigenvalue weighted by atomic mass is 9.91. The molecule has 0 bridgehead atoms. The van der Waals surface area contributed by atoms with E-state index in [4.69, 9.17) is 26.4 Å². The molecule has 2 aliphatic heterocycles. The van der Waals surface area contributed by atoms with Gasteiger partial charge in [0.15, 0.2) is 5.82 Å². The molecular formula is C38H42ClF3N6O3. The molecular weight excluding hydrogens is 681 g/mol. The summed E-state index contributed by atoms with van der Waals surface area (Å²) in [6.45, 7) is 17.5. The number of rotatable bonds is 12. The third-order valence-corrected chi connectivity index (χ3v) is 9.54. The zero-order valence-electron chi connectivity index (χ0n) is 29.2. The van der Waals surface area contributed by atoms with Crippen LogP contribution in [0.2, 0.25) is 5.02 Å². The Kier molecular flexibility index (Phi) is 11.6.